The summed E-state index contributed by atoms with van der Waals surface area (Å²) in [7, 11) is 0. The molecule has 156 valence electrons. The molecule has 1 saturated carbocycles. The van der Waals surface area contributed by atoms with Gasteiger partial charge in [-0.2, -0.15) is 0 Å². The number of amides is 1. The molecule has 7 heteroatoms. The number of halogens is 1. The summed E-state index contributed by atoms with van der Waals surface area (Å²) in [6.45, 7) is 3.53. The summed E-state index contributed by atoms with van der Waals surface area (Å²) in [5.74, 6) is 0.265. The number of hydrogen-bond acceptors (Lipinski definition) is 4. The van der Waals surface area contributed by atoms with Gasteiger partial charge in [-0.1, -0.05) is 6.07 Å². The molecule has 2 heterocycles. The number of benzene rings is 2. The number of carbonyl (C=O) groups is 1. The van der Waals surface area contributed by atoms with Gasteiger partial charge < -0.3 is 9.80 Å². The van der Waals surface area contributed by atoms with E-state index in [9.17, 15) is 19.3 Å². The summed E-state index contributed by atoms with van der Waals surface area (Å²) in [6.07, 6.45) is 4.41. The number of carbonyl (C=O) groups excluding carboxylic acids is 1. The highest BCUT2D eigenvalue weighted by molar-refractivity contribution is 6.08. The van der Waals surface area contributed by atoms with E-state index in [1.807, 2.05) is 0 Å². The zero-order valence-electron chi connectivity index (χ0n) is 16.7. The summed E-state index contributed by atoms with van der Waals surface area (Å²) in [6, 6.07) is 10.4. The van der Waals surface area contributed by atoms with Crippen LogP contribution in [-0.4, -0.2) is 41.9 Å². The van der Waals surface area contributed by atoms with Crippen LogP contribution >= 0.6 is 0 Å². The fraction of sp³-hybridized carbons (Fsp3) is 0.435. The number of fused-ring (bicyclic) bond motifs is 2. The standard InChI is InChI=1S/C23H24FN3O3/c24-18-6-7-21-20(13-18)23(8-10-25(11-9-23)14-16-4-5-16)15-26(21)22(28)17-2-1-3-19(12-17)27(29)30/h1-3,6-7,12-13,16H,4-5,8-11,14-15H2. The summed E-state index contributed by atoms with van der Waals surface area (Å²) < 4.78 is 14.2. The Morgan fingerprint density at radius 2 is 1.93 bits per heavy atom. The second-order valence-corrected chi connectivity index (χ2v) is 8.88. The Kier molecular flexibility index (Phi) is 4.58. The first kappa shape index (κ1) is 19.2. The quantitative estimate of drug-likeness (QED) is 0.562. The van der Waals surface area contributed by atoms with Crippen LogP contribution in [-0.2, 0) is 5.41 Å². The first-order chi connectivity index (χ1) is 14.4. The first-order valence-corrected chi connectivity index (χ1v) is 10.5. The van der Waals surface area contributed by atoms with E-state index in [1.54, 1.807) is 23.1 Å². The van der Waals surface area contributed by atoms with Crippen LogP contribution in [0.2, 0.25) is 0 Å². The Balaban J connectivity index is 1.44. The summed E-state index contributed by atoms with van der Waals surface area (Å²) in [4.78, 5) is 28.1. The molecule has 0 aromatic heterocycles. The Labute approximate surface area is 174 Å². The van der Waals surface area contributed by atoms with Crippen LogP contribution < -0.4 is 4.90 Å². The number of piperidine rings is 1. The fourth-order valence-electron chi connectivity index (χ4n) is 4.99. The van der Waals surface area contributed by atoms with Crippen molar-refractivity contribution < 1.29 is 14.1 Å². The normalized spacial score (nSPS) is 20.4. The van der Waals surface area contributed by atoms with Crippen LogP contribution in [0.3, 0.4) is 0 Å². The number of nitrogens with zero attached hydrogens (tertiary/aromatic N) is 3. The van der Waals surface area contributed by atoms with Crippen molar-refractivity contribution in [2.75, 3.05) is 31.1 Å². The lowest BCUT2D eigenvalue weighted by Gasteiger charge is -2.40. The van der Waals surface area contributed by atoms with Crippen LogP contribution in [0.5, 0.6) is 0 Å². The number of non-ortho nitro benzene ring substituents is 1. The van der Waals surface area contributed by atoms with E-state index in [0.717, 1.165) is 49.6 Å². The second-order valence-electron chi connectivity index (χ2n) is 8.88. The molecule has 2 aliphatic heterocycles. The van der Waals surface area contributed by atoms with E-state index < -0.39 is 4.92 Å². The van der Waals surface area contributed by atoms with Gasteiger partial charge in [0.15, 0.2) is 0 Å². The van der Waals surface area contributed by atoms with Crippen molar-refractivity contribution in [1.82, 2.24) is 4.90 Å². The van der Waals surface area contributed by atoms with Gasteiger partial charge in [0.25, 0.3) is 11.6 Å². The van der Waals surface area contributed by atoms with E-state index in [0.29, 0.717) is 6.54 Å². The minimum atomic E-state index is -0.499. The number of nitro groups is 1. The smallest absolute Gasteiger partial charge is 0.270 e. The van der Waals surface area contributed by atoms with Crippen molar-refractivity contribution >= 4 is 17.3 Å². The van der Waals surface area contributed by atoms with Gasteiger partial charge in [-0.3, -0.25) is 14.9 Å². The monoisotopic (exact) mass is 409 g/mol. The Bertz CT molecular complexity index is 1010. The molecule has 0 bridgehead atoms. The topological polar surface area (TPSA) is 66.7 Å². The second kappa shape index (κ2) is 7.16. The zero-order chi connectivity index (χ0) is 20.9. The first-order valence-electron chi connectivity index (χ1n) is 10.5. The van der Waals surface area contributed by atoms with Crippen LogP contribution in [0.15, 0.2) is 42.5 Å². The molecular weight excluding hydrogens is 385 g/mol. The maximum absolute atomic E-state index is 14.2. The number of anilines is 1. The zero-order valence-corrected chi connectivity index (χ0v) is 16.7. The van der Waals surface area contributed by atoms with E-state index in [4.69, 9.17) is 0 Å². The Morgan fingerprint density at radius 3 is 2.63 bits per heavy atom. The third-order valence-corrected chi connectivity index (χ3v) is 6.86. The number of nitro benzene ring substituents is 1. The average molecular weight is 409 g/mol. The SMILES string of the molecule is O=C(c1cccc([N+](=O)[O-])c1)N1CC2(CCN(CC3CC3)CC2)c2cc(F)ccc21. The van der Waals surface area contributed by atoms with Crippen molar-refractivity contribution in [1.29, 1.82) is 0 Å². The van der Waals surface area contributed by atoms with Gasteiger partial charge in [0.1, 0.15) is 5.82 Å². The number of rotatable bonds is 4. The van der Waals surface area contributed by atoms with Gasteiger partial charge in [-0.05, 0) is 74.5 Å². The van der Waals surface area contributed by atoms with Crippen molar-refractivity contribution in [2.24, 2.45) is 5.92 Å². The molecule has 0 N–H and O–H groups in total. The largest absolute Gasteiger partial charge is 0.307 e. The summed E-state index contributed by atoms with van der Waals surface area (Å²) in [5, 5.41) is 11.1. The van der Waals surface area contributed by atoms with Gasteiger partial charge in [0.05, 0.1) is 4.92 Å². The van der Waals surface area contributed by atoms with Gasteiger partial charge in [-0.25, -0.2) is 4.39 Å². The lowest BCUT2D eigenvalue weighted by Crippen LogP contribution is -2.46. The van der Waals surface area contributed by atoms with Crippen molar-refractivity contribution in [3.05, 3.63) is 69.5 Å². The fourth-order valence-corrected chi connectivity index (χ4v) is 4.99. The summed E-state index contributed by atoms with van der Waals surface area (Å²) in [5.41, 5.74) is 1.54. The molecule has 2 aromatic carbocycles. The molecule has 6 nitrogen and oxygen atoms in total. The van der Waals surface area contributed by atoms with E-state index in [2.05, 4.69) is 4.90 Å². The minimum absolute atomic E-state index is 0.109. The molecule has 1 spiro atoms. The lowest BCUT2D eigenvalue weighted by molar-refractivity contribution is -0.384. The summed E-state index contributed by atoms with van der Waals surface area (Å²) >= 11 is 0. The average Bonchev–Trinajstić information content (AvgIpc) is 3.52. The third-order valence-electron chi connectivity index (χ3n) is 6.86. The molecule has 30 heavy (non-hydrogen) atoms. The maximum Gasteiger partial charge on any atom is 0.270 e. The van der Waals surface area contributed by atoms with Gasteiger partial charge >= 0.3 is 0 Å². The highest BCUT2D eigenvalue weighted by atomic mass is 19.1. The minimum Gasteiger partial charge on any atom is -0.307 e. The molecule has 5 rings (SSSR count). The Hall–Kier alpha value is -2.80. The maximum atomic E-state index is 14.2. The van der Waals surface area contributed by atoms with Gasteiger partial charge in [-0.15, -0.1) is 0 Å². The molecule has 2 aromatic rings. The molecule has 1 aliphatic carbocycles. The third kappa shape index (κ3) is 3.37. The van der Waals surface area contributed by atoms with Gasteiger partial charge in [0, 0.05) is 41.9 Å². The van der Waals surface area contributed by atoms with Crippen LogP contribution in [0.1, 0.15) is 41.6 Å². The molecule has 0 unspecified atom stereocenters. The molecule has 2 fully saturated rings. The van der Waals surface area contributed by atoms with Crippen molar-refractivity contribution in [3.63, 3.8) is 0 Å². The Morgan fingerprint density at radius 1 is 1.17 bits per heavy atom. The van der Waals surface area contributed by atoms with Crippen LogP contribution in [0.25, 0.3) is 0 Å². The highest BCUT2D eigenvalue weighted by Crippen LogP contribution is 2.48. The highest BCUT2D eigenvalue weighted by Gasteiger charge is 2.47. The van der Waals surface area contributed by atoms with Crippen LogP contribution in [0, 0.1) is 21.8 Å². The lowest BCUT2D eigenvalue weighted by atomic mass is 9.74. The predicted molar refractivity (Wildman–Crippen MR) is 111 cm³/mol. The molecular formula is C23H24FN3O3. The van der Waals surface area contributed by atoms with Gasteiger partial charge in [0.2, 0.25) is 0 Å². The predicted octanol–water partition coefficient (Wildman–Crippen LogP) is 4.14. The molecule has 0 radical (unpaired) electrons. The number of likely N-dealkylation sites (tertiary alicyclic amines) is 1. The molecule has 1 amide bonds. The molecule has 3 aliphatic rings. The van der Waals surface area contributed by atoms with E-state index >= 15 is 0 Å². The molecule has 0 atom stereocenters. The molecule has 1 saturated heterocycles. The van der Waals surface area contributed by atoms with Crippen LogP contribution in [0.4, 0.5) is 15.8 Å². The van der Waals surface area contributed by atoms with Crippen molar-refractivity contribution in [3.8, 4) is 0 Å². The van der Waals surface area contributed by atoms with Crippen molar-refractivity contribution in [2.45, 2.75) is 31.1 Å². The number of hydrogen-bond donors (Lipinski definition) is 0. The van der Waals surface area contributed by atoms with E-state index in [1.165, 1.54) is 37.1 Å². The van der Waals surface area contributed by atoms with E-state index in [-0.39, 0.29) is 28.4 Å².